The average molecular weight is 335 g/mol. The number of rotatable bonds is 3. The number of ether oxygens (including phenoxy) is 1. The lowest BCUT2D eigenvalue weighted by Gasteiger charge is -2.40. The number of carbonyl (C=O) groups is 1. The Morgan fingerprint density at radius 3 is 2.88 bits per heavy atom. The molecule has 0 aromatic carbocycles. The Balaban J connectivity index is 1.51. The summed E-state index contributed by atoms with van der Waals surface area (Å²) in [6.07, 6.45) is 2.02. The second kappa shape index (κ2) is 6.46. The van der Waals surface area contributed by atoms with E-state index in [-0.39, 0.29) is 17.9 Å². The van der Waals surface area contributed by atoms with Crippen LogP contribution in [0.3, 0.4) is 0 Å². The van der Waals surface area contributed by atoms with Crippen LogP contribution in [0.5, 0.6) is 0 Å². The number of fused-ring (bicyclic) bond motifs is 1. The number of likely N-dealkylation sites (tertiary alicyclic amines) is 1. The van der Waals surface area contributed by atoms with E-state index < -0.39 is 0 Å². The van der Waals surface area contributed by atoms with Gasteiger partial charge in [-0.05, 0) is 26.7 Å². The van der Waals surface area contributed by atoms with Crippen LogP contribution >= 0.6 is 0 Å². The van der Waals surface area contributed by atoms with Crippen LogP contribution in [0.4, 0.5) is 0 Å². The lowest BCUT2D eigenvalue weighted by Crippen LogP contribution is -2.52. The maximum absolute atomic E-state index is 12.9. The van der Waals surface area contributed by atoms with Crippen LogP contribution in [0.1, 0.15) is 29.9 Å². The molecular formula is C17H25N3O4. The van der Waals surface area contributed by atoms with Crippen molar-refractivity contribution < 1.29 is 18.9 Å². The zero-order valence-electron chi connectivity index (χ0n) is 14.4. The maximum Gasteiger partial charge on any atom is 0.250 e. The minimum absolute atomic E-state index is 0.0511. The van der Waals surface area contributed by atoms with E-state index in [0.29, 0.717) is 19.1 Å². The Labute approximate surface area is 141 Å². The standard InChI is InChI=1S/C17H25N3O4/c1-11-14(12(2)24-18-11)8-19-9-15(13-4-7-22-16(13)10-19)17(21)20-5-3-6-23-20/h13,15-16H,3-10H2,1-2H3/t13-,15-,16+/m0/s1. The highest BCUT2D eigenvalue weighted by Gasteiger charge is 2.45. The third kappa shape index (κ3) is 2.85. The van der Waals surface area contributed by atoms with Gasteiger partial charge in [0.2, 0.25) is 0 Å². The molecule has 0 aliphatic carbocycles. The van der Waals surface area contributed by atoms with Gasteiger partial charge in [-0.2, -0.15) is 0 Å². The second-order valence-corrected chi connectivity index (χ2v) is 7.09. The summed E-state index contributed by atoms with van der Waals surface area (Å²) in [5.41, 5.74) is 2.04. The molecule has 3 aliphatic rings. The Morgan fingerprint density at radius 1 is 1.29 bits per heavy atom. The molecule has 0 saturated carbocycles. The zero-order valence-corrected chi connectivity index (χ0v) is 14.4. The SMILES string of the molecule is Cc1noc(C)c1CN1C[C@H](C(=O)N2CCCO2)[C@@H]2CCO[C@@H]2C1. The molecule has 0 unspecified atom stereocenters. The number of nitrogens with zero attached hydrogens (tertiary/aromatic N) is 3. The third-order valence-corrected chi connectivity index (χ3v) is 5.55. The number of aromatic nitrogens is 1. The van der Waals surface area contributed by atoms with Gasteiger partial charge in [0.25, 0.3) is 5.91 Å². The summed E-state index contributed by atoms with van der Waals surface area (Å²) in [4.78, 5) is 20.7. The van der Waals surface area contributed by atoms with E-state index >= 15 is 0 Å². The number of amides is 1. The molecule has 3 aliphatic heterocycles. The normalized spacial score (nSPS) is 30.8. The average Bonchev–Trinajstić information content (AvgIpc) is 3.31. The molecule has 1 aromatic rings. The topological polar surface area (TPSA) is 68.0 Å². The van der Waals surface area contributed by atoms with E-state index in [1.54, 1.807) is 5.06 Å². The minimum atomic E-state index is -0.0511. The van der Waals surface area contributed by atoms with E-state index in [0.717, 1.165) is 56.1 Å². The van der Waals surface area contributed by atoms with Crippen LogP contribution in [0, 0.1) is 25.7 Å². The number of hydrogen-bond acceptors (Lipinski definition) is 6. The van der Waals surface area contributed by atoms with E-state index in [9.17, 15) is 4.79 Å². The van der Waals surface area contributed by atoms with E-state index in [4.69, 9.17) is 14.1 Å². The molecule has 3 saturated heterocycles. The van der Waals surface area contributed by atoms with E-state index in [1.807, 2.05) is 13.8 Å². The van der Waals surface area contributed by atoms with Crippen molar-refractivity contribution in [3.8, 4) is 0 Å². The monoisotopic (exact) mass is 335 g/mol. The van der Waals surface area contributed by atoms with Gasteiger partial charge in [0.1, 0.15) is 5.76 Å². The summed E-state index contributed by atoms with van der Waals surface area (Å²) in [7, 11) is 0. The van der Waals surface area contributed by atoms with Crippen molar-refractivity contribution in [3.63, 3.8) is 0 Å². The predicted molar refractivity (Wildman–Crippen MR) is 84.9 cm³/mol. The van der Waals surface area contributed by atoms with Crippen molar-refractivity contribution in [2.45, 2.75) is 39.3 Å². The fourth-order valence-corrected chi connectivity index (χ4v) is 4.20. The van der Waals surface area contributed by atoms with Gasteiger partial charge in [-0.25, -0.2) is 5.06 Å². The van der Waals surface area contributed by atoms with Crippen LogP contribution in [0.15, 0.2) is 4.52 Å². The fourth-order valence-electron chi connectivity index (χ4n) is 4.20. The summed E-state index contributed by atoms with van der Waals surface area (Å²) in [6, 6.07) is 0. The van der Waals surface area contributed by atoms with Gasteiger partial charge in [0, 0.05) is 37.7 Å². The molecule has 7 heteroatoms. The number of carbonyl (C=O) groups excluding carboxylic acids is 1. The molecule has 132 valence electrons. The Bertz CT molecular complexity index is 591. The van der Waals surface area contributed by atoms with Crippen molar-refractivity contribution in [2.24, 2.45) is 11.8 Å². The van der Waals surface area contributed by atoms with Crippen LogP contribution in [0.25, 0.3) is 0 Å². The first-order valence-electron chi connectivity index (χ1n) is 8.83. The first-order valence-corrected chi connectivity index (χ1v) is 8.83. The van der Waals surface area contributed by atoms with Crippen molar-refractivity contribution >= 4 is 5.91 Å². The smallest absolute Gasteiger partial charge is 0.250 e. The Morgan fingerprint density at radius 2 is 2.17 bits per heavy atom. The van der Waals surface area contributed by atoms with Crippen molar-refractivity contribution in [1.82, 2.24) is 15.1 Å². The molecule has 1 amide bonds. The van der Waals surface area contributed by atoms with Gasteiger partial charge < -0.3 is 9.26 Å². The van der Waals surface area contributed by atoms with E-state index in [1.165, 1.54) is 0 Å². The number of piperidine rings is 1. The highest BCUT2D eigenvalue weighted by atomic mass is 16.7. The van der Waals surface area contributed by atoms with Gasteiger partial charge >= 0.3 is 0 Å². The summed E-state index contributed by atoms with van der Waals surface area (Å²) in [5.74, 6) is 1.23. The molecule has 0 radical (unpaired) electrons. The first kappa shape index (κ1) is 16.1. The van der Waals surface area contributed by atoms with Crippen molar-refractivity contribution in [2.75, 3.05) is 32.8 Å². The molecule has 1 aromatic heterocycles. The quantitative estimate of drug-likeness (QED) is 0.829. The molecule has 0 N–H and O–H groups in total. The molecule has 3 fully saturated rings. The van der Waals surface area contributed by atoms with Gasteiger partial charge in [0.15, 0.2) is 0 Å². The highest BCUT2D eigenvalue weighted by Crippen LogP contribution is 2.36. The molecule has 0 spiro atoms. The Kier molecular flexibility index (Phi) is 4.32. The molecule has 3 atom stereocenters. The Hall–Kier alpha value is -1.44. The predicted octanol–water partition coefficient (Wildman–Crippen LogP) is 1.29. The van der Waals surface area contributed by atoms with Gasteiger partial charge in [-0.3, -0.25) is 14.5 Å². The largest absolute Gasteiger partial charge is 0.377 e. The van der Waals surface area contributed by atoms with Crippen molar-refractivity contribution in [1.29, 1.82) is 0 Å². The maximum atomic E-state index is 12.9. The lowest BCUT2D eigenvalue weighted by atomic mass is 9.82. The molecule has 4 heterocycles. The lowest BCUT2D eigenvalue weighted by molar-refractivity contribution is -0.179. The second-order valence-electron chi connectivity index (χ2n) is 7.09. The van der Waals surface area contributed by atoms with Crippen molar-refractivity contribution in [3.05, 3.63) is 17.0 Å². The van der Waals surface area contributed by atoms with Crippen LogP contribution in [-0.2, 0) is 20.9 Å². The third-order valence-electron chi connectivity index (χ3n) is 5.55. The van der Waals surface area contributed by atoms with Crippen LogP contribution in [0.2, 0.25) is 0 Å². The van der Waals surface area contributed by atoms with Crippen LogP contribution < -0.4 is 0 Å². The summed E-state index contributed by atoms with van der Waals surface area (Å²) >= 11 is 0. The number of hydroxylamine groups is 2. The van der Waals surface area contributed by atoms with Gasteiger partial charge in [-0.15, -0.1) is 0 Å². The highest BCUT2D eigenvalue weighted by molar-refractivity contribution is 5.79. The summed E-state index contributed by atoms with van der Waals surface area (Å²) in [5, 5.41) is 5.61. The molecular weight excluding hydrogens is 310 g/mol. The van der Waals surface area contributed by atoms with Crippen LogP contribution in [-0.4, -0.2) is 60.0 Å². The fraction of sp³-hybridized carbons (Fsp3) is 0.765. The zero-order chi connectivity index (χ0) is 16.7. The molecule has 24 heavy (non-hydrogen) atoms. The summed E-state index contributed by atoms with van der Waals surface area (Å²) < 4.78 is 11.2. The number of hydrogen-bond donors (Lipinski definition) is 0. The van der Waals surface area contributed by atoms with E-state index in [2.05, 4.69) is 10.1 Å². The molecule has 0 bridgehead atoms. The van der Waals surface area contributed by atoms with Gasteiger partial charge in [0.05, 0.1) is 30.9 Å². The summed E-state index contributed by atoms with van der Waals surface area (Å²) in [6.45, 7) is 8.35. The first-order chi connectivity index (χ1) is 11.6. The van der Waals surface area contributed by atoms with Gasteiger partial charge in [-0.1, -0.05) is 5.16 Å². The number of aryl methyl sites for hydroxylation is 2. The molecule has 4 rings (SSSR count). The molecule has 7 nitrogen and oxygen atoms in total. The minimum Gasteiger partial charge on any atom is -0.377 e.